The first-order valence-electron chi connectivity index (χ1n) is 13.9. The van der Waals surface area contributed by atoms with Gasteiger partial charge in [0.1, 0.15) is 11.4 Å². The van der Waals surface area contributed by atoms with Crippen LogP contribution < -0.4 is 10.2 Å². The molecule has 1 saturated heterocycles. The SMILES string of the molecule is CC(C)(C)ON(CCCN(C(=O)c1cccs1)c1nc(-c2cc(-c3ccccc3)no2)cs1)C(=O)[C@@H]1CCCCN1. The fourth-order valence-corrected chi connectivity index (χ4v) is 6.11. The Balaban J connectivity index is 1.32. The van der Waals surface area contributed by atoms with Gasteiger partial charge in [-0.2, -0.15) is 0 Å². The highest BCUT2D eigenvalue weighted by Crippen LogP contribution is 2.31. The molecule has 4 heterocycles. The van der Waals surface area contributed by atoms with Gasteiger partial charge in [-0.05, 0) is 58.0 Å². The Morgan fingerprint density at radius 3 is 2.61 bits per heavy atom. The van der Waals surface area contributed by atoms with E-state index in [0.717, 1.165) is 37.1 Å². The Bertz CT molecular complexity index is 1420. The van der Waals surface area contributed by atoms with E-state index >= 15 is 0 Å². The molecule has 0 spiro atoms. The Labute approximate surface area is 248 Å². The summed E-state index contributed by atoms with van der Waals surface area (Å²) in [4.78, 5) is 40.1. The molecule has 1 aromatic carbocycles. The normalized spacial score (nSPS) is 15.5. The number of nitrogens with one attached hydrogen (secondary N) is 1. The van der Waals surface area contributed by atoms with Crippen LogP contribution in [0.25, 0.3) is 22.7 Å². The van der Waals surface area contributed by atoms with Gasteiger partial charge < -0.3 is 9.84 Å². The van der Waals surface area contributed by atoms with Crippen molar-refractivity contribution < 1.29 is 18.9 Å². The van der Waals surface area contributed by atoms with E-state index < -0.39 is 5.60 Å². The summed E-state index contributed by atoms with van der Waals surface area (Å²) in [6.07, 6.45) is 3.39. The molecule has 0 bridgehead atoms. The third-order valence-corrected chi connectivity index (χ3v) is 8.23. The topological polar surface area (TPSA) is 101 Å². The van der Waals surface area contributed by atoms with Crippen LogP contribution in [0.5, 0.6) is 0 Å². The Hall–Kier alpha value is -3.38. The number of rotatable bonds is 10. The van der Waals surface area contributed by atoms with Crippen LogP contribution in [-0.4, -0.2) is 58.3 Å². The van der Waals surface area contributed by atoms with E-state index in [4.69, 9.17) is 14.3 Å². The van der Waals surface area contributed by atoms with E-state index in [2.05, 4.69) is 10.5 Å². The van der Waals surface area contributed by atoms with Crippen molar-refractivity contribution in [2.75, 3.05) is 24.5 Å². The second-order valence-corrected chi connectivity index (χ2v) is 12.7. The van der Waals surface area contributed by atoms with Gasteiger partial charge in [0.05, 0.1) is 23.1 Å². The molecule has 9 nitrogen and oxygen atoms in total. The number of anilines is 1. The first-order valence-corrected chi connectivity index (χ1v) is 15.6. The minimum atomic E-state index is -0.531. The van der Waals surface area contributed by atoms with Crippen LogP contribution in [0.15, 0.2) is 63.8 Å². The number of hydroxylamine groups is 2. The molecule has 4 aromatic rings. The van der Waals surface area contributed by atoms with Gasteiger partial charge in [0.15, 0.2) is 10.9 Å². The summed E-state index contributed by atoms with van der Waals surface area (Å²) in [5.74, 6) is 0.337. The molecule has 41 heavy (non-hydrogen) atoms. The number of carbonyl (C=O) groups is 2. The number of thiazole rings is 1. The number of piperidine rings is 1. The largest absolute Gasteiger partial charge is 0.354 e. The van der Waals surface area contributed by atoms with Gasteiger partial charge in [-0.3, -0.25) is 19.3 Å². The molecule has 1 atom stereocenters. The average Bonchev–Trinajstić information content (AvgIpc) is 3.76. The molecule has 5 rings (SSSR count). The number of aromatic nitrogens is 2. The summed E-state index contributed by atoms with van der Waals surface area (Å²) >= 11 is 2.76. The van der Waals surface area contributed by atoms with Gasteiger partial charge in [-0.25, -0.2) is 10.0 Å². The molecule has 0 radical (unpaired) electrons. The van der Waals surface area contributed by atoms with Gasteiger partial charge in [0.2, 0.25) is 0 Å². The van der Waals surface area contributed by atoms with Crippen molar-refractivity contribution in [1.82, 2.24) is 20.5 Å². The zero-order valence-corrected chi connectivity index (χ0v) is 25.2. The van der Waals surface area contributed by atoms with Crippen molar-refractivity contribution in [3.63, 3.8) is 0 Å². The maximum absolute atomic E-state index is 13.6. The van der Waals surface area contributed by atoms with Gasteiger partial charge in [0.25, 0.3) is 11.8 Å². The molecule has 2 amide bonds. The van der Waals surface area contributed by atoms with E-state index in [1.807, 2.05) is 80.1 Å². The second-order valence-electron chi connectivity index (χ2n) is 10.9. The molecule has 0 unspecified atom stereocenters. The third-order valence-electron chi connectivity index (χ3n) is 6.51. The molecular weight excluding hydrogens is 558 g/mol. The van der Waals surface area contributed by atoms with Crippen LogP contribution in [-0.2, 0) is 9.63 Å². The van der Waals surface area contributed by atoms with Crippen LogP contribution in [0, 0.1) is 0 Å². The number of hydrogen-bond donors (Lipinski definition) is 1. The van der Waals surface area contributed by atoms with Crippen LogP contribution in [0.4, 0.5) is 5.13 Å². The second kappa shape index (κ2) is 13.1. The zero-order valence-electron chi connectivity index (χ0n) is 23.5. The molecule has 1 N–H and O–H groups in total. The van der Waals surface area contributed by atoms with E-state index in [1.54, 1.807) is 4.90 Å². The number of hydrogen-bond acceptors (Lipinski definition) is 9. The Morgan fingerprint density at radius 1 is 1.07 bits per heavy atom. The molecule has 1 aliphatic rings. The van der Waals surface area contributed by atoms with E-state index in [0.29, 0.717) is 41.0 Å². The van der Waals surface area contributed by atoms with Crippen molar-refractivity contribution in [3.8, 4) is 22.7 Å². The van der Waals surface area contributed by atoms with Crippen molar-refractivity contribution >= 4 is 39.6 Å². The van der Waals surface area contributed by atoms with Gasteiger partial charge in [0, 0.05) is 23.6 Å². The number of amides is 2. The number of thiophene rings is 1. The van der Waals surface area contributed by atoms with Gasteiger partial charge >= 0.3 is 0 Å². The Morgan fingerprint density at radius 2 is 1.90 bits per heavy atom. The van der Waals surface area contributed by atoms with Crippen molar-refractivity contribution in [1.29, 1.82) is 0 Å². The Kier molecular flexibility index (Phi) is 9.29. The minimum absolute atomic E-state index is 0.0631. The summed E-state index contributed by atoms with van der Waals surface area (Å²) in [5.41, 5.74) is 1.75. The van der Waals surface area contributed by atoms with E-state index in [1.165, 1.54) is 27.7 Å². The van der Waals surface area contributed by atoms with Gasteiger partial charge in [-0.1, -0.05) is 48.0 Å². The molecule has 11 heteroatoms. The number of benzene rings is 1. The highest BCUT2D eigenvalue weighted by molar-refractivity contribution is 7.14. The predicted octanol–water partition coefficient (Wildman–Crippen LogP) is 6.26. The summed E-state index contributed by atoms with van der Waals surface area (Å²) in [7, 11) is 0. The molecule has 1 aliphatic heterocycles. The summed E-state index contributed by atoms with van der Waals surface area (Å²) in [6, 6.07) is 15.1. The summed E-state index contributed by atoms with van der Waals surface area (Å²) in [5, 5.41) is 13.3. The lowest BCUT2D eigenvalue weighted by atomic mass is 10.0. The van der Waals surface area contributed by atoms with E-state index in [-0.39, 0.29) is 17.9 Å². The van der Waals surface area contributed by atoms with Crippen LogP contribution in [0.2, 0.25) is 0 Å². The lowest BCUT2D eigenvalue weighted by Crippen LogP contribution is -2.51. The first-order chi connectivity index (χ1) is 19.8. The van der Waals surface area contributed by atoms with E-state index in [9.17, 15) is 9.59 Å². The fraction of sp³-hybridized carbons (Fsp3) is 0.400. The lowest BCUT2D eigenvalue weighted by Gasteiger charge is -2.34. The quantitative estimate of drug-likeness (QED) is 0.217. The van der Waals surface area contributed by atoms with Crippen LogP contribution >= 0.6 is 22.7 Å². The molecule has 1 fully saturated rings. The highest BCUT2D eigenvalue weighted by atomic mass is 32.1. The molecular formula is C30H35N5O4S2. The fourth-order valence-electron chi connectivity index (χ4n) is 4.60. The van der Waals surface area contributed by atoms with Crippen LogP contribution in [0.3, 0.4) is 0 Å². The molecule has 0 aliphatic carbocycles. The smallest absolute Gasteiger partial charge is 0.270 e. The minimum Gasteiger partial charge on any atom is -0.354 e. The van der Waals surface area contributed by atoms with Crippen LogP contribution in [0.1, 0.15) is 56.1 Å². The molecule has 3 aromatic heterocycles. The molecule has 216 valence electrons. The summed E-state index contributed by atoms with van der Waals surface area (Å²) < 4.78 is 5.60. The third kappa shape index (κ3) is 7.48. The standard InChI is InChI=1S/C30H35N5O4S2/c1-30(2,3)39-35(27(36)22-13-7-8-15-31-22)17-10-16-34(28(37)26-14-9-18-40-26)29-32-24(20-41-29)25-19-23(33-38-25)21-11-5-4-6-12-21/h4-6,9,11-12,14,18-20,22,31H,7-8,10,13,15-17H2,1-3H3/t22-/m0/s1. The zero-order chi connectivity index (χ0) is 28.8. The van der Waals surface area contributed by atoms with Crippen molar-refractivity contribution in [3.05, 3.63) is 64.2 Å². The van der Waals surface area contributed by atoms with Gasteiger partial charge in [-0.15, -0.1) is 22.7 Å². The maximum atomic E-state index is 13.6. The molecule has 0 saturated carbocycles. The summed E-state index contributed by atoms with van der Waals surface area (Å²) in [6.45, 7) is 7.33. The lowest BCUT2D eigenvalue weighted by molar-refractivity contribution is -0.229. The van der Waals surface area contributed by atoms with Crippen molar-refractivity contribution in [2.45, 2.75) is 58.1 Å². The number of nitrogens with zero attached hydrogens (tertiary/aromatic N) is 4. The predicted molar refractivity (Wildman–Crippen MR) is 162 cm³/mol. The average molecular weight is 594 g/mol. The maximum Gasteiger partial charge on any atom is 0.270 e. The highest BCUT2D eigenvalue weighted by Gasteiger charge is 2.30. The first kappa shape index (κ1) is 29.1. The number of carbonyl (C=O) groups excluding carboxylic acids is 2. The monoisotopic (exact) mass is 593 g/mol. The van der Waals surface area contributed by atoms with Crippen molar-refractivity contribution in [2.24, 2.45) is 0 Å².